The Morgan fingerprint density at radius 1 is 1.15 bits per heavy atom. The van der Waals surface area contributed by atoms with Gasteiger partial charge in [0.25, 0.3) is 10.0 Å². The van der Waals surface area contributed by atoms with Crippen LogP contribution in [0.3, 0.4) is 0 Å². The summed E-state index contributed by atoms with van der Waals surface area (Å²) in [7, 11) is -2.53. The molecule has 0 spiro atoms. The van der Waals surface area contributed by atoms with E-state index in [1.165, 1.54) is 31.4 Å². The number of hydrogen-bond donors (Lipinski definition) is 0. The molecule has 0 bridgehead atoms. The summed E-state index contributed by atoms with van der Waals surface area (Å²) in [6.45, 7) is 3.20. The van der Waals surface area contributed by atoms with Gasteiger partial charge in [0.1, 0.15) is 12.3 Å². The fraction of sp³-hybridized carbons (Fsp3) is 0.278. The number of esters is 1. The number of sulfonamides is 1. The third kappa shape index (κ3) is 4.47. The molecule has 0 fully saturated rings. The van der Waals surface area contributed by atoms with Crippen molar-refractivity contribution in [1.82, 2.24) is 0 Å². The fourth-order valence-corrected chi connectivity index (χ4v) is 3.94. The Balaban J connectivity index is 2.51. The first-order valence-electron chi connectivity index (χ1n) is 7.88. The van der Waals surface area contributed by atoms with Gasteiger partial charge in [-0.15, -0.1) is 0 Å². The lowest BCUT2D eigenvalue weighted by Crippen LogP contribution is -2.36. The second kappa shape index (κ2) is 8.42. The summed E-state index contributed by atoms with van der Waals surface area (Å²) in [6, 6.07) is 10.9. The zero-order valence-electron chi connectivity index (χ0n) is 14.7. The zero-order valence-corrected chi connectivity index (χ0v) is 16.3. The first kappa shape index (κ1) is 20.1. The molecule has 0 aliphatic rings. The number of anilines is 1. The third-order valence-corrected chi connectivity index (χ3v) is 5.69. The van der Waals surface area contributed by atoms with Crippen LogP contribution in [-0.4, -0.2) is 34.6 Å². The molecule has 0 N–H and O–H groups in total. The maximum Gasteiger partial charge on any atom is 0.326 e. The number of methoxy groups -OCH3 is 1. The minimum Gasteiger partial charge on any atom is -0.495 e. The molecule has 0 radical (unpaired) electrons. The van der Waals surface area contributed by atoms with E-state index in [0.717, 1.165) is 9.87 Å². The standard InChI is InChI=1S/C18H20ClNO5S/c1-4-25-18(21)12-20(14-7-10-17(24-3)16(19)11-14)26(22,23)15-8-5-13(2)6-9-15/h5-11H,4,12H2,1-3H3. The number of benzene rings is 2. The number of carbonyl (C=O) groups is 1. The molecule has 0 amide bonds. The van der Waals surface area contributed by atoms with Gasteiger partial charge in [0.05, 0.1) is 29.3 Å². The number of carbonyl (C=O) groups excluding carboxylic acids is 1. The average molecular weight is 398 g/mol. The molecule has 26 heavy (non-hydrogen) atoms. The highest BCUT2D eigenvalue weighted by Crippen LogP contribution is 2.32. The summed E-state index contributed by atoms with van der Waals surface area (Å²) in [5.41, 5.74) is 1.16. The Morgan fingerprint density at radius 2 is 1.81 bits per heavy atom. The van der Waals surface area contributed by atoms with Crippen molar-refractivity contribution in [3.8, 4) is 5.75 Å². The van der Waals surface area contributed by atoms with Crippen LogP contribution < -0.4 is 9.04 Å². The molecule has 0 saturated heterocycles. The molecule has 0 aliphatic heterocycles. The smallest absolute Gasteiger partial charge is 0.326 e. The lowest BCUT2D eigenvalue weighted by Gasteiger charge is -2.24. The van der Waals surface area contributed by atoms with E-state index in [1.54, 1.807) is 25.1 Å². The maximum absolute atomic E-state index is 13.1. The van der Waals surface area contributed by atoms with Crippen molar-refractivity contribution in [2.75, 3.05) is 24.6 Å². The lowest BCUT2D eigenvalue weighted by atomic mass is 10.2. The van der Waals surface area contributed by atoms with Gasteiger partial charge in [-0.25, -0.2) is 8.42 Å². The monoisotopic (exact) mass is 397 g/mol. The highest BCUT2D eigenvalue weighted by atomic mass is 35.5. The van der Waals surface area contributed by atoms with Crippen molar-refractivity contribution < 1.29 is 22.7 Å². The van der Waals surface area contributed by atoms with E-state index in [4.69, 9.17) is 21.1 Å². The van der Waals surface area contributed by atoms with Gasteiger partial charge in [-0.05, 0) is 44.2 Å². The quantitative estimate of drug-likeness (QED) is 0.669. The topological polar surface area (TPSA) is 72.9 Å². The summed E-state index contributed by atoms with van der Waals surface area (Å²) in [5, 5.41) is 0.234. The Kier molecular flexibility index (Phi) is 6.50. The van der Waals surface area contributed by atoms with Crippen LogP contribution in [0.4, 0.5) is 5.69 Å². The van der Waals surface area contributed by atoms with Gasteiger partial charge < -0.3 is 9.47 Å². The van der Waals surface area contributed by atoms with E-state index >= 15 is 0 Å². The minimum absolute atomic E-state index is 0.0688. The molecule has 140 valence electrons. The van der Waals surface area contributed by atoms with Crippen LogP contribution in [0.25, 0.3) is 0 Å². The molecular formula is C18H20ClNO5S. The molecule has 8 heteroatoms. The molecule has 0 saturated carbocycles. The van der Waals surface area contributed by atoms with Crippen molar-refractivity contribution in [1.29, 1.82) is 0 Å². The fourth-order valence-electron chi connectivity index (χ4n) is 2.29. The van der Waals surface area contributed by atoms with Gasteiger partial charge in [0, 0.05) is 0 Å². The number of halogens is 1. The molecule has 2 rings (SSSR count). The summed E-state index contributed by atoms with van der Waals surface area (Å²) >= 11 is 6.13. The Morgan fingerprint density at radius 3 is 2.35 bits per heavy atom. The van der Waals surface area contributed by atoms with Gasteiger partial charge in [-0.3, -0.25) is 9.10 Å². The second-order valence-corrected chi connectivity index (χ2v) is 7.72. The molecule has 0 unspecified atom stereocenters. The molecule has 2 aromatic rings. The molecule has 2 aromatic carbocycles. The molecule has 0 aliphatic carbocycles. The van der Waals surface area contributed by atoms with Crippen molar-refractivity contribution in [2.24, 2.45) is 0 Å². The summed E-state index contributed by atoms with van der Waals surface area (Å²) in [6.07, 6.45) is 0. The average Bonchev–Trinajstić information content (AvgIpc) is 2.60. The van der Waals surface area contributed by atoms with E-state index < -0.39 is 22.5 Å². The minimum atomic E-state index is -3.99. The summed E-state index contributed by atoms with van der Waals surface area (Å²) in [5.74, 6) is -0.255. The second-order valence-electron chi connectivity index (χ2n) is 5.45. The van der Waals surface area contributed by atoms with Crippen LogP contribution in [0.5, 0.6) is 5.75 Å². The third-order valence-electron chi connectivity index (χ3n) is 3.61. The summed E-state index contributed by atoms with van der Waals surface area (Å²) < 4.78 is 37.2. The Labute approximate surface area is 158 Å². The predicted octanol–water partition coefficient (Wildman–Crippen LogP) is 3.42. The van der Waals surface area contributed by atoms with E-state index in [2.05, 4.69) is 0 Å². The van der Waals surface area contributed by atoms with Crippen LogP contribution in [0, 0.1) is 6.92 Å². The van der Waals surface area contributed by atoms with Crippen LogP contribution in [0.15, 0.2) is 47.4 Å². The molecular weight excluding hydrogens is 378 g/mol. The first-order valence-corrected chi connectivity index (χ1v) is 9.70. The van der Waals surface area contributed by atoms with Crippen molar-refractivity contribution in [3.63, 3.8) is 0 Å². The SMILES string of the molecule is CCOC(=O)CN(c1ccc(OC)c(Cl)c1)S(=O)(=O)c1ccc(C)cc1. The van der Waals surface area contributed by atoms with E-state index in [-0.39, 0.29) is 22.2 Å². The summed E-state index contributed by atoms with van der Waals surface area (Å²) in [4.78, 5) is 12.0. The lowest BCUT2D eigenvalue weighted by molar-refractivity contribution is -0.141. The van der Waals surface area contributed by atoms with Gasteiger partial charge in [-0.2, -0.15) is 0 Å². The number of hydrogen-bond acceptors (Lipinski definition) is 5. The Hall–Kier alpha value is -2.25. The normalized spacial score (nSPS) is 11.1. The maximum atomic E-state index is 13.1. The van der Waals surface area contributed by atoms with Crippen LogP contribution >= 0.6 is 11.6 Å². The van der Waals surface area contributed by atoms with E-state index in [9.17, 15) is 13.2 Å². The molecule has 0 heterocycles. The Bertz CT molecular complexity index is 881. The van der Waals surface area contributed by atoms with E-state index in [1.807, 2.05) is 6.92 Å². The number of rotatable bonds is 7. The zero-order chi connectivity index (χ0) is 19.3. The predicted molar refractivity (Wildman–Crippen MR) is 100 cm³/mol. The van der Waals surface area contributed by atoms with Crippen molar-refractivity contribution >= 4 is 33.3 Å². The largest absolute Gasteiger partial charge is 0.495 e. The van der Waals surface area contributed by atoms with Gasteiger partial charge in [0.15, 0.2) is 0 Å². The number of ether oxygens (including phenoxy) is 2. The van der Waals surface area contributed by atoms with Gasteiger partial charge >= 0.3 is 5.97 Å². The van der Waals surface area contributed by atoms with Crippen molar-refractivity contribution in [2.45, 2.75) is 18.7 Å². The molecule has 0 aromatic heterocycles. The van der Waals surface area contributed by atoms with E-state index in [0.29, 0.717) is 5.75 Å². The number of aryl methyl sites for hydroxylation is 1. The van der Waals surface area contributed by atoms with Crippen LogP contribution in [-0.2, 0) is 19.6 Å². The molecule has 6 nitrogen and oxygen atoms in total. The highest BCUT2D eigenvalue weighted by Gasteiger charge is 2.28. The van der Waals surface area contributed by atoms with Crippen LogP contribution in [0.2, 0.25) is 5.02 Å². The molecule has 0 atom stereocenters. The number of nitrogens with zero attached hydrogens (tertiary/aromatic N) is 1. The van der Waals surface area contributed by atoms with Gasteiger partial charge in [0.2, 0.25) is 0 Å². The van der Waals surface area contributed by atoms with Crippen molar-refractivity contribution in [3.05, 3.63) is 53.1 Å². The highest BCUT2D eigenvalue weighted by molar-refractivity contribution is 7.92. The van der Waals surface area contributed by atoms with Crippen LogP contribution in [0.1, 0.15) is 12.5 Å². The first-order chi connectivity index (χ1) is 12.3. The van der Waals surface area contributed by atoms with Gasteiger partial charge in [-0.1, -0.05) is 29.3 Å².